The average Bonchev–Trinajstić information content (AvgIpc) is 2.40. The standard InChI is InChI=1S/C14H16BrClN4O/c1-14(2,3)13-18-11(20-17)7-12(19-13)21-10-5-4-8(16)6-9(10)15/h4-7H,17H2,1-3H3,(H,18,19,20). The maximum atomic E-state index is 5.91. The van der Waals surface area contributed by atoms with Crippen LogP contribution in [0.4, 0.5) is 5.82 Å². The number of hydrogen-bond acceptors (Lipinski definition) is 5. The number of nitrogens with one attached hydrogen (secondary N) is 1. The normalized spacial score (nSPS) is 11.3. The lowest BCUT2D eigenvalue weighted by Crippen LogP contribution is -2.19. The van der Waals surface area contributed by atoms with Crippen molar-refractivity contribution in [3.63, 3.8) is 0 Å². The Labute approximate surface area is 137 Å². The van der Waals surface area contributed by atoms with E-state index in [2.05, 4.69) is 31.3 Å². The molecule has 0 atom stereocenters. The van der Waals surface area contributed by atoms with Gasteiger partial charge in [-0.05, 0) is 34.1 Å². The molecule has 0 fully saturated rings. The first-order valence-electron chi connectivity index (χ1n) is 6.28. The highest BCUT2D eigenvalue weighted by Crippen LogP contribution is 2.32. The summed E-state index contributed by atoms with van der Waals surface area (Å²) < 4.78 is 6.53. The first-order chi connectivity index (χ1) is 9.79. The third-order valence-electron chi connectivity index (χ3n) is 2.63. The van der Waals surface area contributed by atoms with Crippen molar-refractivity contribution in [2.24, 2.45) is 5.84 Å². The van der Waals surface area contributed by atoms with Gasteiger partial charge in [0.25, 0.3) is 0 Å². The van der Waals surface area contributed by atoms with Gasteiger partial charge in [-0.15, -0.1) is 0 Å². The lowest BCUT2D eigenvalue weighted by molar-refractivity contribution is 0.444. The first kappa shape index (κ1) is 16.0. The molecule has 0 unspecified atom stereocenters. The summed E-state index contributed by atoms with van der Waals surface area (Å²) in [6.07, 6.45) is 0. The molecule has 1 heterocycles. The zero-order chi connectivity index (χ0) is 15.6. The molecule has 0 amide bonds. The molecule has 0 aliphatic rings. The maximum Gasteiger partial charge on any atom is 0.224 e. The summed E-state index contributed by atoms with van der Waals surface area (Å²) in [5.74, 6) is 7.60. The lowest BCUT2D eigenvalue weighted by Gasteiger charge is -2.18. The number of hydrogen-bond donors (Lipinski definition) is 2. The second-order valence-corrected chi connectivity index (χ2v) is 6.78. The van der Waals surface area contributed by atoms with Crippen LogP contribution in [-0.2, 0) is 5.41 Å². The Morgan fingerprint density at radius 3 is 2.52 bits per heavy atom. The van der Waals surface area contributed by atoms with Crippen molar-refractivity contribution in [1.29, 1.82) is 0 Å². The number of aromatic nitrogens is 2. The molecular weight excluding hydrogens is 356 g/mol. The molecule has 1 aromatic heterocycles. The van der Waals surface area contributed by atoms with Gasteiger partial charge in [0.15, 0.2) is 0 Å². The van der Waals surface area contributed by atoms with E-state index in [1.807, 2.05) is 20.8 Å². The van der Waals surface area contributed by atoms with Crippen LogP contribution >= 0.6 is 27.5 Å². The highest BCUT2D eigenvalue weighted by molar-refractivity contribution is 9.10. The van der Waals surface area contributed by atoms with Gasteiger partial charge in [-0.25, -0.2) is 10.8 Å². The molecule has 0 saturated heterocycles. The second kappa shape index (κ2) is 6.17. The molecule has 0 saturated carbocycles. The van der Waals surface area contributed by atoms with E-state index in [9.17, 15) is 0 Å². The van der Waals surface area contributed by atoms with Crippen molar-refractivity contribution >= 4 is 33.3 Å². The third-order valence-corrected chi connectivity index (χ3v) is 3.48. The molecule has 2 aromatic rings. The maximum absolute atomic E-state index is 5.91. The minimum atomic E-state index is -0.220. The number of anilines is 1. The van der Waals surface area contributed by atoms with E-state index >= 15 is 0 Å². The summed E-state index contributed by atoms with van der Waals surface area (Å²) in [7, 11) is 0. The Morgan fingerprint density at radius 1 is 1.24 bits per heavy atom. The van der Waals surface area contributed by atoms with E-state index in [0.717, 1.165) is 4.47 Å². The predicted octanol–water partition coefficient (Wildman–Crippen LogP) is 4.27. The van der Waals surface area contributed by atoms with Gasteiger partial charge < -0.3 is 10.2 Å². The second-order valence-electron chi connectivity index (χ2n) is 5.49. The molecular formula is C14H16BrClN4O. The molecule has 21 heavy (non-hydrogen) atoms. The quantitative estimate of drug-likeness (QED) is 0.622. The van der Waals surface area contributed by atoms with Gasteiger partial charge in [0.1, 0.15) is 17.4 Å². The van der Waals surface area contributed by atoms with E-state index in [4.69, 9.17) is 22.2 Å². The molecule has 112 valence electrons. The van der Waals surface area contributed by atoms with E-state index in [0.29, 0.717) is 28.3 Å². The summed E-state index contributed by atoms with van der Waals surface area (Å²) in [6.45, 7) is 6.06. The SMILES string of the molecule is CC(C)(C)c1nc(NN)cc(Oc2ccc(Cl)cc2Br)n1. The summed E-state index contributed by atoms with van der Waals surface area (Å²) in [5.41, 5.74) is 2.31. The Morgan fingerprint density at radius 2 is 1.95 bits per heavy atom. The molecule has 0 bridgehead atoms. The highest BCUT2D eigenvalue weighted by atomic mass is 79.9. The number of ether oxygens (including phenoxy) is 1. The van der Waals surface area contributed by atoms with Crippen LogP contribution in [0.3, 0.4) is 0 Å². The largest absolute Gasteiger partial charge is 0.438 e. The Balaban J connectivity index is 2.39. The fraction of sp³-hybridized carbons (Fsp3) is 0.286. The van der Waals surface area contributed by atoms with Crippen LogP contribution < -0.4 is 16.0 Å². The van der Waals surface area contributed by atoms with Crippen LogP contribution in [0.2, 0.25) is 5.02 Å². The van der Waals surface area contributed by atoms with Crippen LogP contribution in [0.1, 0.15) is 26.6 Å². The van der Waals surface area contributed by atoms with Gasteiger partial charge in [-0.2, -0.15) is 4.98 Å². The summed E-state index contributed by atoms with van der Waals surface area (Å²) >= 11 is 9.32. The summed E-state index contributed by atoms with van der Waals surface area (Å²) in [5, 5.41) is 0.622. The Kier molecular flexibility index (Phi) is 4.70. The van der Waals surface area contributed by atoms with Gasteiger partial charge in [-0.1, -0.05) is 32.4 Å². The summed E-state index contributed by atoms with van der Waals surface area (Å²) in [6, 6.07) is 6.90. The van der Waals surface area contributed by atoms with Crippen molar-refractivity contribution in [2.75, 3.05) is 5.43 Å². The molecule has 7 heteroatoms. The molecule has 5 nitrogen and oxygen atoms in total. The van der Waals surface area contributed by atoms with Gasteiger partial charge >= 0.3 is 0 Å². The number of nitrogens with zero attached hydrogens (tertiary/aromatic N) is 2. The van der Waals surface area contributed by atoms with E-state index in [-0.39, 0.29) is 5.41 Å². The minimum Gasteiger partial charge on any atom is -0.438 e. The number of rotatable bonds is 3. The van der Waals surface area contributed by atoms with E-state index < -0.39 is 0 Å². The van der Waals surface area contributed by atoms with E-state index in [1.54, 1.807) is 24.3 Å². The van der Waals surface area contributed by atoms with Gasteiger partial charge in [0, 0.05) is 16.5 Å². The van der Waals surface area contributed by atoms with Gasteiger partial charge in [0.05, 0.1) is 4.47 Å². The molecule has 0 aliphatic heterocycles. The zero-order valence-corrected chi connectivity index (χ0v) is 14.3. The molecule has 0 spiro atoms. The predicted molar refractivity (Wildman–Crippen MR) is 87.8 cm³/mol. The van der Waals surface area contributed by atoms with Gasteiger partial charge in [0.2, 0.25) is 5.88 Å². The minimum absolute atomic E-state index is 0.220. The lowest BCUT2D eigenvalue weighted by atomic mass is 9.96. The molecule has 1 aromatic carbocycles. The average molecular weight is 372 g/mol. The number of hydrazine groups is 1. The van der Waals surface area contributed by atoms with Crippen LogP contribution in [0, 0.1) is 0 Å². The monoisotopic (exact) mass is 370 g/mol. The zero-order valence-electron chi connectivity index (χ0n) is 11.9. The fourth-order valence-corrected chi connectivity index (χ4v) is 2.32. The fourth-order valence-electron chi connectivity index (χ4n) is 1.56. The van der Waals surface area contributed by atoms with Crippen molar-refractivity contribution in [1.82, 2.24) is 9.97 Å². The smallest absolute Gasteiger partial charge is 0.224 e. The molecule has 2 rings (SSSR count). The van der Waals surface area contributed by atoms with Crippen LogP contribution in [0.25, 0.3) is 0 Å². The van der Waals surface area contributed by atoms with Crippen molar-refractivity contribution in [3.8, 4) is 11.6 Å². The first-order valence-corrected chi connectivity index (χ1v) is 7.46. The Hall–Kier alpha value is -1.37. The number of nitrogens with two attached hydrogens (primary N) is 1. The molecule has 0 radical (unpaired) electrons. The van der Waals surface area contributed by atoms with Crippen molar-refractivity contribution in [2.45, 2.75) is 26.2 Å². The molecule has 3 N–H and O–H groups in total. The topological polar surface area (TPSA) is 73.1 Å². The highest BCUT2D eigenvalue weighted by Gasteiger charge is 2.20. The van der Waals surface area contributed by atoms with Crippen LogP contribution in [0.5, 0.6) is 11.6 Å². The third kappa shape index (κ3) is 4.06. The number of benzene rings is 1. The summed E-state index contributed by atoms with van der Waals surface area (Å²) in [4.78, 5) is 8.77. The number of nitrogen functional groups attached to an aromatic ring is 1. The van der Waals surface area contributed by atoms with Crippen LogP contribution in [-0.4, -0.2) is 9.97 Å². The van der Waals surface area contributed by atoms with Crippen LogP contribution in [0.15, 0.2) is 28.7 Å². The van der Waals surface area contributed by atoms with E-state index in [1.165, 1.54) is 0 Å². The van der Waals surface area contributed by atoms with Crippen molar-refractivity contribution < 1.29 is 4.74 Å². The van der Waals surface area contributed by atoms with Gasteiger partial charge in [-0.3, -0.25) is 0 Å². The number of halogens is 2. The Bertz CT molecular complexity index is 658. The van der Waals surface area contributed by atoms with Crippen molar-refractivity contribution in [3.05, 3.63) is 39.6 Å². The molecule has 0 aliphatic carbocycles.